The van der Waals surface area contributed by atoms with Gasteiger partial charge in [0.1, 0.15) is 12.4 Å². The van der Waals surface area contributed by atoms with Crippen LogP contribution in [0.1, 0.15) is 88.7 Å². The average molecular weight is 487 g/mol. The Morgan fingerprint density at radius 1 is 1.00 bits per heavy atom. The van der Waals surface area contributed by atoms with Crippen molar-refractivity contribution in [2.45, 2.75) is 115 Å². The Morgan fingerprint density at radius 3 is 2.66 bits per heavy atom. The van der Waals surface area contributed by atoms with Crippen LogP contribution in [0, 0.1) is 29.6 Å². The van der Waals surface area contributed by atoms with Crippen LogP contribution < -0.4 is 4.74 Å². The van der Waals surface area contributed by atoms with E-state index in [2.05, 4.69) is 19.1 Å². The molecule has 35 heavy (non-hydrogen) atoms. The second kappa shape index (κ2) is 11.5. The smallest absolute Gasteiger partial charge is 0.189 e. The van der Waals surface area contributed by atoms with E-state index in [-0.39, 0.29) is 30.8 Å². The molecule has 4 aliphatic carbocycles. The summed E-state index contributed by atoms with van der Waals surface area (Å²) in [5.74, 6) is 3.48. The van der Waals surface area contributed by atoms with E-state index in [1.807, 2.05) is 6.07 Å². The molecule has 0 amide bonds. The van der Waals surface area contributed by atoms with Crippen molar-refractivity contribution in [3.05, 3.63) is 29.3 Å². The van der Waals surface area contributed by atoms with Gasteiger partial charge in [0, 0.05) is 0 Å². The number of benzene rings is 1. The number of fused-ring (bicyclic) bond motifs is 4. The van der Waals surface area contributed by atoms with E-state index >= 15 is 0 Å². The zero-order valence-corrected chi connectivity index (χ0v) is 21.5. The lowest BCUT2D eigenvalue weighted by molar-refractivity contribution is -0.163. The normalized spacial score (nSPS) is 35.0. The Balaban J connectivity index is 1.15. The summed E-state index contributed by atoms with van der Waals surface area (Å²) in [5, 5.41) is 31.8. The van der Waals surface area contributed by atoms with Gasteiger partial charge < -0.3 is 24.8 Å². The van der Waals surface area contributed by atoms with Crippen LogP contribution >= 0.6 is 0 Å². The molecule has 9 atom stereocenters. The molecule has 3 fully saturated rings. The van der Waals surface area contributed by atoms with Gasteiger partial charge >= 0.3 is 0 Å². The molecule has 3 saturated carbocycles. The van der Waals surface area contributed by atoms with Crippen LogP contribution in [-0.2, 0) is 17.6 Å². The molecule has 1 aromatic rings. The first-order chi connectivity index (χ1) is 17.0. The molecule has 2 bridgehead atoms. The number of aliphatic hydroxyl groups is 3. The summed E-state index contributed by atoms with van der Waals surface area (Å²) in [5.41, 5.74) is 2.56. The number of rotatable bonds is 12. The van der Waals surface area contributed by atoms with Crippen molar-refractivity contribution in [1.29, 1.82) is 0 Å². The highest BCUT2D eigenvalue weighted by atomic mass is 16.6. The fourth-order valence-corrected chi connectivity index (χ4v) is 7.85. The number of aliphatic hydroxyl groups excluding tert-OH is 3. The SMILES string of the molecule is CCCCC[C@@H](O)CC[C@@H]1[C@H]2Cc3cccc(OC[C@H](O)O[C@H]4CC5CCC4C5)c3C[C@H]2C[C@H]1O. The minimum absolute atomic E-state index is 0.166. The van der Waals surface area contributed by atoms with Gasteiger partial charge in [-0.25, -0.2) is 0 Å². The Morgan fingerprint density at radius 2 is 1.89 bits per heavy atom. The lowest BCUT2D eigenvalue weighted by atomic mass is 9.73. The van der Waals surface area contributed by atoms with Gasteiger partial charge in [-0.1, -0.05) is 38.3 Å². The third-order valence-corrected chi connectivity index (χ3v) is 9.71. The van der Waals surface area contributed by atoms with Gasteiger partial charge in [-0.2, -0.15) is 0 Å². The molecule has 0 radical (unpaired) electrons. The number of ether oxygens (including phenoxy) is 2. The summed E-state index contributed by atoms with van der Waals surface area (Å²) in [6.45, 7) is 2.35. The molecule has 5 heteroatoms. The standard InChI is InChI=1S/C30H46O5/c1-2-3-4-7-23(31)11-12-24-25-15-20-6-5-8-28(26(20)16-22(25)17-27(24)32)34-18-30(33)35-29-14-19-9-10-21(29)13-19/h5-6,8,19,21-25,27,29-33H,2-4,7,9-18H2,1H3/t19?,21?,22-,23+,24+,25-,27+,29-,30+/m0/s1. The molecule has 3 N–H and O–H groups in total. The van der Waals surface area contributed by atoms with Crippen LogP contribution in [0.2, 0.25) is 0 Å². The molecule has 5 nitrogen and oxygen atoms in total. The van der Waals surface area contributed by atoms with Crippen molar-refractivity contribution >= 4 is 0 Å². The molecule has 0 heterocycles. The van der Waals surface area contributed by atoms with E-state index in [9.17, 15) is 15.3 Å². The van der Waals surface area contributed by atoms with Gasteiger partial charge in [-0.15, -0.1) is 0 Å². The highest BCUT2D eigenvalue weighted by molar-refractivity contribution is 5.43. The van der Waals surface area contributed by atoms with Crippen LogP contribution in [0.5, 0.6) is 5.75 Å². The van der Waals surface area contributed by atoms with Crippen LogP contribution in [0.25, 0.3) is 0 Å². The summed E-state index contributed by atoms with van der Waals surface area (Å²) in [7, 11) is 0. The monoisotopic (exact) mass is 486 g/mol. The van der Waals surface area contributed by atoms with E-state index in [1.54, 1.807) is 0 Å². The molecule has 196 valence electrons. The second-order valence-electron chi connectivity index (χ2n) is 12.0. The first-order valence-electron chi connectivity index (χ1n) is 14.4. The maximum absolute atomic E-state index is 10.9. The third-order valence-electron chi connectivity index (χ3n) is 9.71. The van der Waals surface area contributed by atoms with E-state index < -0.39 is 6.29 Å². The maximum atomic E-state index is 10.9. The molecule has 2 unspecified atom stereocenters. The first-order valence-corrected chi connectivity index (χ1v) is 14.4. The van der Waals surface area contributed by atoms with Crippen molar-refractivity contribution in [2.24, 2.45) is 29.6 Å². The zero-order chi connectivity index (χ0) is 24.4. The molecular weight excluding hydrogens is 440 g/mol. The van der Waals surface area contributed by atoms with Crippen molar-refractivity contribution in [2.75, 3.05) is 6.61 Å². The molecule has 0 spiro atoms. The van der Waals surface area contributed by atoms with Gasteiger partial charge in [-0.05, 0) is 111 Å². The maximum Gasteiger partial charge on any atom is 0.189 e. The number of unbranched alkanes of at least 4 members (excludes halogenated alkanes) is 2. The van der Waals surface area contributed by atoms with Crippen molar-refractivity contribution in [3.63, 3.8) is 0 Å². The van der Waals surface area contributed by atoms with Crippen molar-refractivity contribution in [3.8, 4) is 5.75 Å². The molecule has 0 aromatic heterocycles. The highest BCUT2D eigenvalue weighted by Gasteiger charge is 2.45. The zero-order valence-electron chi connectivity index (χ0n) is 21.5. The Kier molecular flexibility index (Phi) is 8.38. The Labute approximate surface area is 211 Å². The van der Waals surface area contributed by atoms with Gasteiger partial charge in [0.2, 0.25) is 0 Å². The van der Waals surface area contributed by atoms with Gasteiger partial charge in [0.05, 0.1) is 18.3 Å². The van der Waals surface area contributed by atoms with E-state index in [0.717, 1.165) is 63.0 Å². The topological polar surface area (TPSA) is 79.2 Å². The lowest BCUT2D eigenvalue weighted by Gasteiger charge is -2.33. The first kappa shape index (κ1) is 25.5. The summed E-state index contributed by atoms with van der Waals surface area (Å²) >= 11 is 0. The fourth-order valence-electron chi connectivity index (χ4n) is 7.85. The predicted octanol–water partition coefficient (Wildman–Crippen LogP) is 5.02. The summed E-state index contributed by atoms with van der Waals surface area (Å²) < 4.78 is 12.1. The summed E-state index contributed by atoms with van der Waals surface area (Å²) in [6.07, 6.45) is 12.5. The second-order valence-corrected chi connectivity index (χ2v) is 12.0. The minimum Gasteiger partial charge on any atom is -0.488 e. The molecule has 1 aromatic carbocycles. The van der Waals surface area contributed by atoms with Crippen molar-refractivity contribution in [1.82, 2.24) is 0 Å². The minimum atomic E-state index is -0.881. The third kappa shape index (κ3) is 5.89. The molecule has 0 aliphatic heterocycles. The van der Waals surface area contributed by atoms with Crippen LogP contribution in [0.3, 0.4) is 0 Å². The lowest BCUT2D eigenvalue weighted by Crippen LogP contribution is -2.31. The number of hydrogen-bond acceptors (Lipinski definition) is 5. The van der Waals surface area contributed by atoms with Gasteiger partial charge in [0.15, 0.2) is 6.29 Å². The van der Waals surface area contributed by atoms with E-state index in [0.29, 0.717) is 17.8 Å². The molecule has 4 aliphatic rings. The van der Waals surface area contributed by atoms with Crippen LogP contribution in [-0.4, -0.2) is 46.5 Å². The van der Waals surface area contributed by atoms with E-state index in [4.69, 9.17) is 9.47 Å². The fraction of sp³-hybridized carbons (Fsp3) is 0.800. The highest BCUT2D eigenvalue weighted by Crippen LogP contribution is 2.49. The summed E-state index contributed by atoms with van der Waals surface area (Å²) in [6, 6.07) is 6.26. The molecule has 5 rings (SSSR count). The van der Waals surface area contributed by atoms with Gasteiger partial charge in [0.25, 0.3) is 0 Å². The summed E-state index contributed by atoms with van der Waals surface area (Å²) in [4.78, 5) is 0. The predicted molar refractivity (Wildman–Crippen MR) is 136 cm³/mol. The van der Waals surface area contributed by atoms with E-state index in [1.165, 1.54) is 43.2 Å². The molecule has 0 saturated heterocycles. The van der Waals surface area contributed by atoms with Crippen LogP contribution in [0.15, 0.2) is 18.2 Å². The Hall–Kier alpha value is -1.14. The molecular formula is C30H46O5. The largest absolute Gasteiger partial charge is 0.488 e. The van der Waals surface area contributed by atoms with Gasteiger partial charge in [-0.3, -0.25) is 0 Å². The van der Waals surface area contributed by atoms with Crippen molar-refractivity contribution < 1.29 is 24.8 Å². The number of hydrogen-bond donors (Lipinski definition) is 3. The van der Waals surface area contributed by atoms with Crippen LogP contribution in [0.4, 0.5) is 0 Å². The average Bonchev–Trinajstić information content (AvgIpc) is 3.54. The quantitative estimate of drug-likeness (QED) is 0.286. The Bertz CT molecular complexity index is 827.